The van der Waals surface area contributed by atoms with Crippen LogP contribution < -0.4 is 5.32 Å². The van der Waals surface area contributed by atoms with Crippen molar-refractivity contribution >= 4 is 27.6 Å². The molecule has 3 atom stereocenters. The molecule has 0 radical (unpaired) electrons. The van der Waals surface area contributed by atoms with Gasteiger partial charge in [0.1, 0.15) is 6.10 Å². The van der Waals surface area contributed by atoms with Crippen molar-refractivity contribution in [2.24, 2.45) is 17.8 Å². The van der Waals surface area contributed by atoms with Crippen molar-refractivity contribution in [2.45, 2.75) is 57.6 Å². The molecule has 0 unspecified atom stereocenters. The third kappa shape index (κ3) is 7.57. The molecule has 0 bridgehead atoms. The van der Waals surface area contributed by atoms with Gasteiger partial charge in [0.15, 0.2) is 0 Å². The van der Waals surface area contributed by atoms with Gasteiger partial charge in [0.25, 0.3) is 5.91 Å². The lowest BCUT2D eigenvalue weighted by atomic mass is 9.75. The Morgan fingerprint density at radius 1 is 0.909 bits per heavy atom. The number of carbonyl (C=O) groups is 2. The third-order valence-electron chi connectivity index (χ3n) is 8.93. The Bertz CT molecular complexity index is 1550. The lowest BCUT2D eigenvalue weighted by molar-refractivity contribution is -0.0173. The maximum Gasteiger partial charge on any atom is 0.340 e. The van der Waals surface area contributed by atoms with E-state index < -0.39 is 21.9 Å². The van der Waals surface area contributed by atoms with E-state index in [1.807, 2.05) is 18.2 Å². The second-order valence-corrected chi connectivity index (χ2v) is 14.4. The summed E-state index contributed by atoms with van der Waals surface area (Å²) in [5.74, 6) is 0.222. The molecule has 0 aromatic heterocycles. The summed E-state index contributed by atoms with van der Waals surface area (Å²) in [5.41, 5.74) is 1.99. The largest absolute Gasteiger partial charge is 0.458 e. The second-order valence-electron chi connectivity index (χ2n) is 12.5. The van der Waals surface area contributed by atoms with E-state index in [2.05, 4.69) is 43.1 Å². The minimum atomic E-state index is -3.79. The average Bonchev–Trinajstić information content (AvgIpc) is 3.02. The van der Waals surface area contributed by atoms with E-state index in [0.29, 0.717) is 49.6 Å². The fraction of sp³-hybridized carbons (Fsp3) is 0.429. The number of hydrogen-bond donors (Lipinski definition) is 1. The zero-order valence-electron chi connectivity index (χ0n) is 25.8. The average molecular weight is 618 g/mol. The fourth-order valence-corrected chi connectivity index (χ4v) is 7.80. The standard InChI is InChI=1S/C35H43N3O5S/c1-25(2)30-17-16-26(3)22-33(30)43-35(40)31-14-7-8-15-32(31)36-34(39)28-12-9-13-29(23-28)44(41,42)38-20-18-37(19-21-38)24-27-10-5-4-6-11-27/h4-15,23,25-26,30,33H,16-22,24H2,1-3H3,(H,36,39)/t26-,30-,33+/m1/s1. The van der Waals surface area contributed by atoms with E-state index in [1.54, 1.807) is 36.4 Å². The molecule has 3 aromatic rings. The molecule has 1 saturated heterocycles. The maximum atomic E-state index is 13.5. The topological polar surface area (TPSA) is 96.0 Å². The van der Waals surface area contributed by atoms with Gasteiger partial charge in [0, 0.05) is 38.3 Å². The molecule has 1 N–H and O–H groups in total. The molecule has 0 spiro atoms. The quantitative estimate of drug-likeness (QED) is 0.293. The van der Waals surface area contributed by atoms with E-state index in [0.717, 1.165) is 25.8 Å². The minimum Gasteiger partial charge on any atom is -0.458 e. The van der Waals surface area contributed by atoms with Crippen LogP contribution in [0.5, 0.6) is 0 Å². The van der Waals surface area contributed by atoms with Crippen LogP contribution in [0.2, 0.25) is 0 Å². The zero-order valence-corrected chi connectivity index (χ0v) is 26.6. The van der Waals surface area contributed by atoms with Gasteiger partial charge in [0.2, 0.25) is 10.0 Å². The molecule has 1 aliphatic carbocycles. The van der Waals surface area contributed by atoms with Gasteiger partial charge in [-0.05, 0) is 66.5 Å². The van der Waals surface area contributed by atoms with E-state index in [1.165, 1.54) is 22.0 Å². The Hall–Kier alpha value is -3.53. The van der Waals surface area contributed by atoms with Crippen LogP contribution in [-0.2, 0) is 21.3 Å². The van der Waals surface area contributed by atoms with Gasteiger partial charge in [-0.1, -0.05) is 75.7 Å². The van der Waals surface area contributed by atoms with Gasteiger partial charge >= 0.3 is 5.97 Å². The van der Waals surface area contributed by atoms with E-state index >= 15 is 0 Å². The van der Waals surface area contributed by atoms with Crippen molar-refractivity contribution in [3.05, 3.63) is 95.6 Å². The lowest BCUT2D eigenvalue weighted by Gasteiger charge is -2.36. The SMILES string of the molecule is CC(C)[C@H]1CC[C@@H](C)C[C@@H]1OC(=O)c1ccccc1NC(=O)c1cccc(S(=O)(=O)N2CCN(Cc3ccccc3)CC2)c1. The highest BCUT2D eigenvalue weighted by Crippen LogP contribution is 2.36. The van der Waals surface area contributed by atoms with Crippen LogP contribution in [0.1, 0.15) is 66.3 Å². The Morgan fingerprint density at radius 3 is 2.34 bits per heavy atom. The van der Waals surface area contributed by atoms with E-state index in [-0.39, 0.29) is 22.1 Å². The van der Waals surface area contributed by atoms with Crippen molar-refractivity contribution < 1.29 is 22.7 Å². The van der Waals surface area contributed by atoms with Gasteiger partial charge < -0.3 is 10.1 Å². The van der Waals surface area contributed by atoms with E-state index in [4.69, 9.17) is 4.74 Å². The summed E-state index contributed by atoms with van der Waals surface area (Å²) in [6.07, 6.45) is 2.81. The monoisotopic (exact) mass is 617 g/mol. The van der Waals surface area contributed by atoms with Crippen LogP contribution in [0.15, 0.2) is 83.8 Å². The molecule has 8 nitrogen and oxygen atoms in total. The van der Waals surface area contributed by atoms with Crippen LogP contribution in [-0.4, -0.2) is 61.8 Å². The number of para-hydroxylation sites is 1. The summed E-state index contributed by atoms with van der Waals surface area (Å²) in [6.45, 7) is 9.28. The van der Waals surface area contributed by atoms with Gasteiger partial charge in [-0.15, -0.1) is 0 Å². The van der Waals surface area contributed by atoms with Crippen molar-refractivity contribution in [1.29, 1.82) is 0 Å². The first-order valence-electron chi connectivity index (χ1n) is 15.6. The normalized spacial score (nSPS) is 21.6. The van der Waals surface area contributed by atoms with Gasteiger partial charge in [0.05, 0.1) is 16.1 Å². The molecule has 1 amide bonds. The van der Waals surface area contributed by atoms with Crippen LogP contribution >= 0.6 is 0 Å². The Kier molecular flexibility index (Phi) is 10.2. The Balaban J connectivity index is 1.25. The summed E-state index contributed by atoms with van der Waals surface area (Å²) >= 11 is 0. The van der Waals surface area contributed by atoms with Gasteiger partial charge in [-0.3, -0.25) is 9.69 Å². The number of rotatable bonds is 9. The molecule has 5 rings (SSSR count). The summed E-state index contributed by atoms with van der Waals surface area (Å²) in [5, 5.41) is 2.82. The Labute approximate surface area is 261 Å². The van der Waals surface area contributed by atoms with Gasteiger partial charge in [-0.25, -0.2) is 13.2 Å². The number of nitrogens with zero attached hydrogens (tertiary/aromatic N) is 2. The number of hydrogen-bond acceptors (Lipinski definition) is 6. The van der Waals surface area contributed by atoms with Crippen molar-refractivity contribution in [1.82, 2.24) is 9.21 Å². The number of amides is 1. The van der Waals surface area contributed by atoms with Crippen LogP contribution in [0.3, 0.4) is 0 Å². The fourth-order valence-electron chi connectivity index (χ4n) is 6.33. The summed E-state index contributed by atoms with van der Waals surface area (Å²) in [4.78, 5) is 29.0. The van der Waals surface area contributed by atoms with Crippen molar-refractivity contribution in [3.63, 3.8) is 0 Å². The van der Waals surface area contributed by atoms with Crippen molar-refractivity contribution in [3.8, 4) is 0 Å². The number of benzene rings is 3. The number of nitrogens with one attached hydrogen (secondary N) is 1. The molecule has 1 heterocycles. The molecule has 3 aromatic carbocycles. The number of sulfonamides is 1. The van der Waals surface area contributed by atoms with Crippen LogP contribution in [0, 0.1) is 17.8 Å². The molecule has 44 heavy (non-hydrogen) atoms. The smallest absolute Gasteiger partial charge is 0.340 e. The highest BCUT2D eigenvalue weighted by Gasteiger charge is 2.34. The first-order chi connectivity index (χ1) is 21.1. The number of anilines is 1. The van der Waals surface area contributed by atoms with Crippen LogP contribution in [0.25, 0.3) is 0 Å². The lowest BCUT2D eigenvalue weighted by Crippen LogP contribution is -2.48. The molecule has 234 valence electrons. The Morgan fingerprint density at radius 2 is 1.61 bits per heavy atom. The number of ether oxygens (including phenoxy) is 1. The zero-order chi connectivity index (χ0) is 31.3. The van der Waals surface area contributed by atoms with Gasteiger partial charge in [-0.2, -0.15) is 4.31 Å². The summed E-state index contributed by atoms with van der Waals surface area (Å²) in [7, 11) is -3.79. The highest BCUT2D eigenvalue weighted by atomic mass is 32.2. The third-order valence-corrected chi connectivity index (χ3v) is 10.8. The molecule has 2 fully saturated rings. The molecule has 1 aliphatic heterocycles. The minimum absolute atomic E-state index is 0.0699. The predicted molar refractivity (Wildman–Crippen MR) is 172 cm³/mol. The second kappa shape index (κ2) is 14.1. The highest BCUT2D eigenvalue weighted by molar-refractivity contribution is 7.89. The first kappa shape index (κ1) is 31.9. The summed E-state index contributed by atoms with van der Waals surface area (Å²) < 4.78 is 34.6. The molecule has 2 aliphatic rings. The van der Waals surface area contributed by atoms with Crippen LogP contribution in [0.4, 0.5) is 5.69 Å². The summed E-state index contributed by atoms with van der Waals surface area (Å²) in [6, 6.07) is 23.0. The molecular weight excluding hydrogens is 574 g/mol. The molecule has 1 saturated carbocycles. The first-order valence-corrected chi connectivity index (χ1v) is 17.0. The van der Waals surface area contributed by atoms with Crippen molar-refractivity contribution in [2.75, 3.05) is 31.5 Å². The molecule has 9 heteroatoms. The van der Waals surface area contributed by atoms with E-state index in [9.17, 15) is 18.0 Å². The number of carbonyl (C=O) groups excluding carboxylic acids is 2. The molecular formula is C35H43N3O5S. The number of piperazine rings is 1. The maximum absolute atomic E-state index is 13.5. The number of esters is 1. The predicted octanol–water partition coefficient (Wildman–Crippen LogP) is 6.06.